The Morgan fingerprint density at radius 2 is 0.900 bits per heavy atom. The summed E-state index contributed by atoms with van der Waals surface area (Å²) in [5.74, 6) is 0. The molecule has 0 radical (unpaired) electrons. The molecule has 2 aliphatic carbocycles. The summed E-state index contributed by atoms with van der Waals surface area (Å²) in [6.07, 6.45) is 0. The van der Waals surface area contributed by atoms with Gasteiger partial charge in [0.05, 0.1) is 0 Å². The zero-order valence-corrected chi connectivity index (χ0v) is 16.0. The maximum atomic E-state index is 2.57. The van der Waals surface area contributed by atoms with E-state index in [9.17, 15) is 0 Å². The van der Waals surface area contributed by atoms with E-state index in [1.54, 1.807) is 11.1 Å². The molecule has 0 aromatic rings. The van der Waals surface area contributed by atoms with E-state index in [4.69, 9.17) is 0 Å². The molecular formula is C20H36. The van der Waals surface area contributed by atoms with Crippen molar-refractivity contribution in [2.45, 2.75) is 83.1 Å². The summed E-state index contributed by atoms with van der Waals surface area (Å²) < 4.78 is 0. The first-order valence-electron chi connectivity index (χ1n) is 8.25. The Balaban J connectivity index is 3.06. The van der Waals surface area contributed by atoms with Gasteiger partial charge in [-0.1, -0.05) is 80.4 Å². The van der Waals surface area contributed by atoms with Crippen LogP contribution in [0.15, 0.2) is 11.1 Å². The third-order valence-corrected chi connectivity index (χ3v) is 10.1. The lowest BCUT2D eigenvalue weighted by Gasteiger charge is -2.63. The minimum Gasteiger partial charge on any atom is -0.0676 e. The van der Waals surface area contributed by atoms with Crippen LogP contribution < -0.4 is 0 Å². The highest BCUT2D eigenvalue weighted by Crippen LogP contribution is 2.86. The average Bonchev–Trinajstić information content (AvgIpc) is 2.36. The molecule has 2 rings (SSSR count). The first-order chi connectivity index (χ1) is 8.57. The summed E-state index contributed by atoms with van der Waals surface area (Å²) in [5.41, 5.74) is 4.85. The van der Waals surface area contributed by atoms with Crippen molar-refractivity contribution in [1.29, 1.82) is 0 Å². The molecule has 0 aromatic carbocycles. The monoisotopic (exact) mass is 276 g/mol. The lowest BCUT2D eigenvalue weighted by Crippen LogP contribution is -2.56. The van der Waals surface area contributed by atoms with Gasteiger partial charge < -0.3 is 0 Å². The van der Waals surface area contributed by atoms with Crippen LogP contribution in [0.25, 0.3) is 0 Å². The van der Waals surface area contributed by atoms with Crippen molar-refractivity contribution in [2.75, 3.05) is 0 Å². The fourth-order valence-electron chi connectivity index (χ4n) is 7.03. The third kappa shape index (κ3) is 1.02. The van der Waals surface area contributed by atoms with Crippen molar-refractivity contribution in [2.24, 2.45) is 32.5 Å². The van der Waals surface area contributed by atoms with Gasteiger partial charge in [-0.25, -0.2) is 0 Å². The van der Waals surface area contributed by atoms with Gasteiger partial charge in [0.25, 0.3) is 0 Å². The first-order valence-corrected chi connectivity index (χ1v) is 8.25. The second-order valence-electron chi connectivity index (χ2n) is 10.0. The first kappa shape index (κ1) is 16.1. The Labute approximate surface area is 127 Å². The molecule has 116 valence electrons. The predicted molar refractivity (Wildman–Crippen MR) is 89.7 cm³/mol. The SMILES string of the molecule is CC1=C(C)C2(C)C(C)(C)C(C)(C)C(C)(C1(C)C)C2(C)C. The minimum absolute atomic E-state index is 0.233. The van der Waals surface area contributed by atoms with Crippen LogP contribution in [-0.4, -0.2) is 0 Å². The number of hydrogen-bond acceptors (Lipinski definition) is 0. The van der Waals surface area contributed by atoms with Crippen LogP contribution in [0.1, 0.15) is 83.1 Å². The van der Waals surface area contributed by atoms with E-state index in [0.717, 1.165) is 0 Å². The highest BCUT2D eigenvalue weighted by atomic mass is 14.8. The van der Waals surface area contributed by atoms with Gasteiger partial charge in [-0.3, -0.25) is 0 Å². The lowest BCUT2D eigenvalue weighted by molar-refractivity contribution is -0.0973. The van der Waals surface area contributed by atoms with Crippen molar-refractivity contribution in [3.05, 3.63) is 11.1 Å². The van der Waals surface area contributed by atoms with Gasteiger partial charge >= 0.3 is 0 Å². The maximum absolute atomic E-state index is 2.57. The van der Waals surface area contributed by atoms with Crippen LogP contribution in [0.4, 0.5) is 0 Å². The van der Waals surface area contributed by atoms with Gasteiger partial charge in [-0.05, 0) is 46.3 Å². The molecule has 2 bridgehead atoms. The zero-order chi connectivity index (χ0) is 16.2. The Hall–Kier alpha value is -0.260. The van der Waals surface area contributed by atoms with Crippen LogP contribution in [0.5, 0.6) is 0 Å². The van der Waals surface area contributed by atoms with Gasteiger partial charge in [0.2, 0.25) is 0 Å². The molecule has 0 spiro atoms. The number of rotatable bonds is 0. The van der Waals surface area contributed by atoms with Crippen LogP contribution in [0, 0.1) is 32.5 Å². The maximum Gasteiger partial charge on any atom is -0.000314 e. The normalized spacial score (nSPS) is 43.8. The van der Waals surface area contributed by atoms with E-state index in [2.05, 4.69) is 83.1 Å². The summed E-state index contributed by atoms with van der Waals surface area (Å²) in [7, 11) is 0. The predicted octanol–water partition coefficient (Wildman–Crippen LogP) is 6.47. The van der Waals surface area contributed by atoms with Gasteiger partial charge in [-0.2, -0.15) is 0 Å². The molecule has 20 heavy (non-hydrogen) atoms. The van der Waals surface area contributed by atoms with E-state index >= 15 is 0 Å². The largest absolute Gasteiger partial charge is 0.0676 e. The van der Waals surface area contributed by atoms with Crippen molar-refractivity contribution in [1.82, 2.24) is 0 Å². The van der Waals surface area contributed by atoms with Crippen molar-refractivity contribution in [3.63, 3.8) is 0 Å². The van der Waals surface area contributed by atoms with Crippen LogP contribution >= 0.6 is 0 Å². The molecular weight excluding hydrogens is 240 g/mol. The quantitative estimate of drug-likeness (QED) is 0.445. The van der Waals surface area contributed by atoms with Crippen LogP contribution in [-0.2, 0) is 0 Å². The topological polar surface area (TPSA) is 0 Å². The van der Waals surface area contributed by atoms with E-state index < -0.39 is 0 Å². The lowest BCUT2D eigenvalue weighted by atomic mass is 9.41. The molecule has 0 aromatic heterocycles. The molecule has 2 unspecified atom stereocenters. The summed E-state index contributed by atoms with van der Waals surface area (Å²) in [4.78, 5) is 0. The summed E-state index contributed by atoms with van der Waals surface area (Å²) in [6.45, 7) is 30.0. The van der Waals surface area contributed by atoms with E-state index in [-0.39, 0.29) is 32.5 Å². The molecule has 2 aliphatic rings. The molecule has 0 saturated heterocycles. The summed E-state index contributed by atoms with van der Waals surface area (Å²) >= 11 is 0. The highest BCUT2D eigenvalue weighted by Gasteiger charge is 2.80. The molecule has 2 atom stereocenters. The number of hydrogen-bond donors (Lipinski definition) is 0. The second kappa shape index (κ2) is 3.39. The second-order valence-corrected chi connectivity index (χ2v) is 10.0. The van der Waals surface area contributed by atoms with Gasteiger partial charge in [0, 0.05) is 0 Å². The third-order valence-electron chi connectivity index (χ3n) is 10.1. The van der Waals surface area contributed by atoms with E-state index in [0.29, 0.717) is 0 Å². The zero-order valence-electron chi connectivity index (χ0n) is 16.0. The van der Waals surface area contributed by atoms with Crippen molar-refractivity contribution in [3.8, 4) is 0 Å². The Kier molecular flexibility index (Phi) is 2.73. The fourth-order valence-corrected chi connectivity index (χ4v) is 7.03. The Bertz CT molecular complexity index is 498. The van der Waals surface area contributed by atoms with Crippen LogP contribution in [0.2, 0.25) is 0 Å². The van der Waals surface area contributed by atoms with Gasteiger partial charge in [-0.15, -0.1) is 0 Å². The Morgan fingerprint density at radius 1 is 0.500 bits per heavy atom. The summed E-state index contributed by atoms with van der Waals surface area (Å²) in [5, 5.41) is 0. The van der Waals surface area contributed by atoms with E-state index in [1.807, 2.05) is 0 Å². The molecule has 0 heterocycles. The van der Waals surface area contributed by atoms with Gasteiger partial charge in [0.1, 0.15) is 0 Å². The summed E-state index contributed by atoms with van der Waals surface area (Å²) in [6, 6.07) is 0. The molecule has 1 saturated carbocycles. The van der Waals surface area contributed by atoms with Crippen molar-refractivity contribution >= 4 is 0 Å². The standard InChI is InChI=1S/C20H36/c1-13-14(2)19(11)16(5,6)17(7,8)20(12,15(13,3)4)18(19,9)10/h1-12H3. The number of fused-ring (bicyclic) bond motifs is 2. The van der Waals surface area contributed by atoms with Crippen molar-refractivity contribution < 1.29 is 0 Å². The number of allylic oxidation sites excluding steroid dienone is 2. The van der Waals surface area contributed by atoms with Gasteiger partial charge in [0.15, 0.2) is 0 Å². The van der Waals surface area contributed by atoms with Crippen LogP contribution in [0.3, 0.4) is 0 Å². The highest BCUT2D eigenvalue weighted by molar-refractivity contribution is 5.44. The molecule has 0 aliphatic heterocycles. The fraction of sp³-hybridized carbons (Fsp3) is 0.900. The molecule has 0 heteroatoms. The smallest absolute Gasteiger partial charge is 0.000314 e. The Morgan fingerprint density at radius 3 is 1.30 bits per heavy atom. The minimum atomic E-state index is 0.233. The molecule has 0 N–H and O–H groups in total. The van der Waals surface area contributed by atoms with E-state index in [1.165, 1.54) is 0 Å². The molecule has 0 amide bonds. The molecule has 0 nitrogen and oxygen atoms in total. The average molecular weight is 277 g/mol. The molecule has 1 fully saturated rings.